The van der Waals surface area contributed by atoms with Crippen molar-refractivity contribution < 1.29 is 4.39 Å². The Morgan fingerprint density at radius 3 is 2.17 bits per heavy atom. The van der Waals surface area contributed by atoms with Crippen molar-refractivity contribution in [1.29, 1.82) is 0 Å². The summed E-state index contributed by atoms with van der Waals surface area (Å²) in [6, 6.07) is 0. The molecule has 1 atom stereocenters. The first kappa shape index (κ1) is 5.45. The molecule has 0 amide bonds. The lowest BCUT2D eigenvalue weighted by Gasteiger charge is -1.99. The van der Waals surface area contributed by atoms with Crippen LogP contribution in [0.3, 0.4) is 0 Å². The molecule has 34 valence electrons. The van der Waals surface area contributed by atoms with Gasteiger partial charge in [-0.05, 0) is 6.92 Å². The summed E-state index contributed by atoms with van der Waals surface area (Å²) in [4.78, 5) is 0. The Bertz CT molecular complexity index is 74.5. The van der Waals surface area contributed by atoms with Gasteiger partial charge in [0.15, 0.2) is 0 Å². The normalized spacial score (nSPS) is 18.3. The van der Waals surface area contributed by atoms with Crippen molar-refractivity contribution in [2.45, 2.75) is 12.7 Å². The van der Waals surface area contributed by atoms with Crippen LogP contribution in [0.1, 0.15) is 6.92 Å². The third-order valence-electron chi connectivity index (χ3n) is 0.282. The van der Waals surface area contributed by atoms with Crippen molar-refractivity contribution in [2.75, 3.05) is 0 Å². The van der Waals surface area contributed by atoms with Gasteiger partial charge in [0.2, 0.25) is 5.79 Å². The van der Waals surface area contributed by atoms with Crippen molar-refractivity contribution in [3.05, 3.63) is 0 Å². The minimum Gasteiger partial charge on any atom is -0.289 e. The van der Waals surface area contributed by atoms with Crippen LogP contribution in [0.4, 0.5) is 4.39 Å². The smallest absolute Gasteiger partial charge is 0.217 e. The first-order chi connectivity index (χ1) is 2.56. The van der Waals surface area contributed by atoms with Crippen LogP contribution in [0.2, 0.25) is 0 Å². The lowest BCUT2D eigenvalue weighted by atomic mass is 10.3. The quantitative estimate of drug-likeness (QED) is 0.333. The molecule has 0 rings (SSSR count). The molecule has 2 heteroatoms. The van der Waals surface area contributed by atoms with E-state index in [1.165, 1.54) is 0 Å². The Kier molecular flexibility index (Phi) is 1.16. The van der Waals surface area contributed by atoms with Gasteiger partial charge in [0.05, 0.1) is 0 Å². The van der Waals surface area contributed by atoms with Gasteiger partial charge < -0.3 is 0 Å². The van der Waals surface area contributed by atoms with Gasteiger partial charge in [-0.3, -0.25) is 5.73 Å². The average Bonchev–Trinajstić information content (AvgIpc) is 1.35. The fourth-order valence-electron chi connectivity index (χ4n) is 0. The highest BCUT2D eigenvalue weighted by molar-refractivity contribution is 5.00. The van der Waals surface area contributed by atoms with Crippen molar-refractivity contribution in [3.63, 3.8) is 0 Å². The van der Waals surface area contributed by atoms with Crippen molar-refractivity contribution in [1.82, 2.24) is 0 Å². The molecule has 0 aromatic carbocycles. The van der Waals surface area contributed by atoms with Gasteiger partial charge in [-0.1, -0.05) is 5.92 Å². The zero-order chi connectivity index (χ0) is 5.21. The molecule has 0 heterocycles. The summed E-state index contributed by atoms with van der Waals surface area (Å²) in [5, 5.41) is 0. The molecular formula is C4H6FN. The number of nitrogens with two attached hydrogens (primary N) is 1. The largest absolute Gasteiger partial charge is 0.289 e. The predicted octanol–water partition coefficient (Wildman–Crippen LogP) is 0.264. The zero-order valence-electron chi connectivity index (χ0n) is 3.53. The zero-order valence-corrected chi connectivity index (χ0v) is 3.53. The highest BCUT2D eigenvalue weighted by Crippen LogP contribution is 1.93. The second-order valence-electron chi connectivity index (χ2n) is 1.22. The number of hydrogen-bond donors (Lipinski definition) is 1. The number of alkyl halides is 1. The molecule has 1 nitrogen and oxygen atoms in total. The molecule has 0 aliphatic rings. The Labute approximate surface area is 36.3 Å². The Morgan fingerprint density at radius 2 is 2.17 bits per heavy atom. The second kappa shape index (κ2) is 1.27. The van der Waals surface area contributed by atoms with E-state index in [1.807, 2.05) is 0 Å². The standard InChI is InChI=1S/C4H6FN/c1-3-4(2,5)6/h1H,6H2,2H3. The molecule has 0 radical (unpaired) electrons. The molecule has 0 aliphatic carbocycles. The molecule has 0 saturated carbocycles. The molecule has 0 aromatic heterocycles. The molecule has 0 bridgehead atoms. The van der Waals surface area contributed by atoms with E-state index in [0.717, 1.165) is 6.92 Å². The van der Waals surface area contributed by atoms with Gasteiger partial charge in [0, 0.05) is 0 Å². The third-order valence-corrected chi connectivity index (χ3v) is 0.282. The van der Waals surface area contributed by atoms with Crippen LogP contribution in [0.5, 0.6) is 0 Å². The summed E-state index contributed by atoms with van der Waals surface area (Å²) < 4.78 is 11.7. The maximum Gasteiger partial charge on any atom is 0.217 e. The van der Waals surface area contributed by atoms with Gasteiger partial charge in [0.1, 0.15) is 0 Å². The van der Waals surface area contributed by atoms with E-state index in [1.54, 1.807) is 5.92 Å². The van der Waals surface area contributed by atoms with E-state index in [-0.39, 0.29) is 0 Å². The molecule has 0 aliphatic heterocycles. The van der Waals surface area contributed by atoms with Crippen molar-refractivity contribution in [3.8, 4) is 12.3 Å². The molecule has 2 N–H and O–H groups in total. The minimum absolute atomic E-state index is 1.12. The Morgan fingerprint density at radius 1 is 2.00 bits per heavy atom. The van der Waals surface area contributed by atoms with Crippen LogP contribution in [0.15, 0.2) is 0 Å². The van der Waals surface area contributed by atoms with E-state index in [0.29, 0.717) is 0 Å². The number of terminal acetylenes is 1. The fraction of sp³-hybridized carbons (Fsp3) is 0.500. The first-order valence-electron chi connectivity index (χ1n) is 1.52. The first-order valence-corrected chi connectivity index (χ1v) is 1.52. The summed E-state index contributed by atoms with van der Waals surface area (Å²) in [7, 11) is 0. The van der Waals surface area contributed by atoms with Gasteiger partial charge >= 0.3 is 0 Å². The monoisotopic (exact) mass is 87.0 g/mol. The highest BCUT2D eigenvalue weighted by atomic mass is 19.1. The summed E-state index contributed by atoms with van der Waals surface area (Å²) in [6.45, 7) is 1.12. The fourth-order valence-corrected chi connectivity index (χ4v) is 0. The molecule has 6 heavy (non-hydrogen) atoms. The molecule has 0 saturated heterocycles. The summed E-state index contributed by atoms with van der Waals surface area (Å²) in [5.41, 5.74) is 4.63. The maximum atomic E-state index is 11.7. The van der Waals surface area contributed by atoms with Crippen LogP contribution >= 0.6 is 0 Å². The van der Waals surface area contributed by atoms with Crippen LogP contribution in [-0.4, -0.2) is 5.79 Å². The van der Waals surface area contributed by atoms with Crippen molar-refractivity contribution >= 4 is 0 Å². The third kappa shape index (κ3) is 3.45. The minimum atomic E-state index is -1.93. The van der Waals surface area contributed by atoms with E-state index in [9.17, 15) is 4.39 Å². The predicted molar refractivity (Wildman–Crippen MR) is 22.5 cm³/mol. The topological polar surface area (TPSA) is 26.0 Å². The maximum absolute atomic E-state index is 11.7. The molecule has 0 fully saturated rings. The SMILES string of the molecule is C#CC(C)(N)F. The van der Waals surface area contributed by atoms with Gasteiger partial charge in [-0.2, -0.15) is 0 Å². The number of halogens is 1. The second-order valence-corrected chi connectivity index (χ2v) is 1.22. The lowest BCUT2D eigenvalue weighted by molar-refractivity contribution is 0.283. The molecule has 0 spiro atoms. The van der Waals surface area contributed by atoms with Crippen LogP contribution < -0.4 is 5.73 Å². The van der Waals surface area contributed by atoms with E-state index in [2.05, 4.69) is 12.2 Å². The molecule has 1 unspecified atom stereocenters. The number of hydrogen-bond acceptors (Lipinski definition) is 1. The number of rotatable bonds is 0. The van der Waals surface area contributed by atoms with Gasteiger partial charge in [-0.25, -0.2) is 4.39 Å². The Balaban J connectivity index is 3.55. The summed E-state index contributed by atoms with van der Waals surface area (Å²) in [5.74, 6) is -0.215. The van der Waals surface area contributed by atoms with E-state index < -0.39 is 5.79 Å². The van der Waals surface area contributed by atoms with E-state index >= 15 is 0 Å². The summed E-state index contributed by atoms with van der Waals surface area (Å²) in [6.07, 6.45) is 4.56. The average molecular weight is 87.1 g/mol. The van der Waals surface area contributed by atoms with Crippen LogP contribution in [0, 0.1) is 12.3 Å². The van der Waals surface area contributed by atoms with Crippen molar-refractivity contribution in [2.24, 2.45) is 5.73 Å². The molecule has 0 aromatic rings. The van der Waals surface area contributed by atoms with E-state index in [4.69, 9.17) is 0 Å². The molecular weight excluding hydrogens is 81.0 g/mol. The van der Waals surface area contributed by atoms with Crippen LogP contribution in [-0.2, 0) is 0 Å². The summed E-state index contributed by atoms with van der Waals surface area (Å²) >= 11 is 0. The highest BCUT2D eigenvalue weighted by Gasteiger charge is 2.07. The van der Waals surface area contributed by atoms with Gasteiger partial charge in [-0.15, -0.1) is 6.42 Å². The van der Waals surface area contributed by atoms with Crippen LogP contribution in [0.25, 0.3) is 0 Å². The Hall–Kier alpha value is -0.550. The van der Waals surface area contributed by atoms with Gasteiger partial charge in [0.25, 0.3) is 0 Å². The lowest BCUT2D eigenvalue weighted by Crippen LogP contribution is -2.26.